The van der Waals surface area contributed by atoms with Crippen LogP contribution in [0.4, 0.5) is 5.69 Å². The molecular formula is C20H27N3OS. The van der Waals surface area contributed by atoms with Gasteiger partial charge in [0.1, 0.15) is 0 Å². The number of hydrogen-bond donors (Lipinski definition) is 1. The molecule has 1 heterocycles. The highest BCUT2D eigenvalue weighted by Crippen LogP contribution is 2.27. The fourth-order valence-electron chi connectivity index (χ4n) is 2.71. The number of hydrogen-bond acceptors (Lipinski definition) is 3. The van der Waals surface area contributed by atoms with Gasteiger partial charge in [-0.2, -0.15) is 5.10 Å². The monoisotopic (exact) mass is 357 g/mol. The fourth-order valence-corrected chi connectivity index (χ4v) is 3.46. The van der Waals surface area contributed by atoms with Gasteiger partial charge in [0.05, 0.1) is 17.8 Å². The van der Waals surface area contributed by atoms with Crippen molar-refractivity contribution >= 4 is 23.4 Å². The van der Waals surface area contributed by atoms with Crippen LogP contribution in [0.1, 0.15) is 30.8 Å². The first-order chi connectivity index (χ1) is 11.9. The molecule has 1 amide bonds. The van der Waals surface area contributed by atoms with E-state index in [-0.39, 0.29) is 5.91 Å². The molecule has 5 heteroatoms. The van der Waals surface area contributed by atoms with Gasteiger partial charge >= 0.3 is 0 Å². The summed E-state index contributed by atoms with van der Waals surface area (Å²) in [6.07, 6.45) is 2.20. The van der Waals surface area contributed by atoms with Gasteiger partial charge in [0.15, 0.2) is 0 Å². The van der Waals surface area contributed by atoms with Crippen LogP contribution in [0.3, 0.4) is 0 Å². The topological polar surface area (TPSA) is 46.9 Å². The van der Waals surface area contributed by atoms with E-state index >= 15 is 0 Å². The van der Waals surface area contributed by atoms with Crippen LogP contribution in [0.2, 0.25) is 0 Å². The van der Waals surface area contributed by atoms with Gasteiger partial charge in [0.2, 0.25) is 5.91 Å². The van der Waals surface area contributed by atoms with Crippen LogP contribution in [-0.4, -0.2) is 21.4 Å². The Morgan fingerprint density at radius 3 is 2.76 bits per heavy atom. The second-order valence-corrected chi connectivity index (χ2v) is 7.61. The minimum atomic E-state index is -0.0121. The van der Waals surface area contributed by atoms with Crippen LogP contribution >= 0.6 is 11.8 Å². The van der Waals surface area contributed by atoms with E-state index in [0.29, 0.717) is 12.3 Å². The lowest BCUT2D eigenvalue weighted by Gasteiger charge is -2.11. The van der Waals surface area contributed by atoms with Crippen LogP contribution in [0.15, 0.2) is 41.8 Å². The summed E-state index contributed by atoms with van der Waals surface area (Å²) in [5.41, 5.74) is 3.89. The Balaban J connectivity index is 2.11. The van der Waals surface area contributed by atoms with Crippen molar-refractivity contribution in [1.82, 2.24) is 9.78 Å². The first-order valence-electron chi connectivity index (χ1n) is 8.57. The molecular weight excluding hydrogens is 330 g/mol. The number of aryl methyl sites for hydroxylation is 1. The Hall–Kier alpha value is -2.01. The van der Waals surface area contributed by atoms with E-state index in [2.05, 4.69) is 30.8 Å². The number of para-hydroxylation sites is 1. The average molecular weight is 358 g/mol. The van der Waals surface area contributed by atoms with Gasteiger partial charge in [-0.1, -0.05) is 32.1 Å². The number of rotatable bonds is 8. The maximum absolute atomic E-state index is 12.6. The zero-order valence-corrected chi connectivity index (χ0v) is 16.3. The number of amides is 1. The van der Waals surface area contributed by atoms with Crippen molar-refractivity contribution in [2.24, 2.45) is 5.92 Å². The van der Waals surface area contributed by atoms with E-state index in [1.807, 2.05) is 48.9 Å². The molecule has 1 aromatic carbocycles. The Morgan fingerprint density at radius 2 is 2.08 bits per heavy atom. The molecule has 134 valence electrons. The molecule has 0 radical (unpaired) electrons. The summed E-state index contributed by atoms with van der Waals surface area (Å²) in [6, 6.07) is 7.86. The molecule has 0 spiro atoms. The molecule has 2 rings (SSSR count). The number of anilines is 1. The van der Waals surface area contributed by atoms with Crippen LogP contribution in [-0.2, 0) is 17.8 Å². The van der Waals surface area contributed by atoms with Gasteiger partial charge in [-0.15, -0.1) is 18.3 Å². The van der Waals surface area contributed by atoms with E-state index < -0.39 is 0 Å². The third-order valence-electron chi connectivity index (χ3n) is 3.92. The lowest BCUT2D eigenvalue weighted by Crippen LogP contribution is -2.16. The van der Waals surface area contributed by atoms with Crippen molar-refractivity contribution in [3.8, 4) is 0 Å². The highest BCUT2D eigenvalue weighted by Gasteiger charge is 2.16. The molecule has 4 nitrogen and oxygen atoms in total. The minimum absolute atomic E-state index is 0.0121. The predicted molar refractivity (Wildman–Crippen MR) is 106 cm³/mol. The highest BCUT2D eigenvalue weighted by molar-refractivity contribution is 7.99. The van der Waals surface area contributed by atoms with Crippen molar-refractivity contribution in [1.29, 1.82) is 0 Å². The van der Waals surface area contributed by atoms with Gasteiger partial charge < -0.3 is 5.32 Å². The van der Waals surface area contributed by atoms with Crippen LogP contribution in [0.5, 0.6) is 0 Å². The molecule has 0 aliphatic heterocycles. The lowest BCUT2D eigenvalue weighted by atomic mass is 10.1. The summed E-state index contributed by atoms with van der Waals surface area (Å²) < 4.78 is 2.01. The molecule has 1 N–H and O–H groups in total. The van der Waals surface area contributed by atoms with Crippen LogP contribution in [0, 0.1) is 19.8 Å². The third-order valence-corrected chi connectivity index (χ3v) is 4.99. The molecule has 0 atom stereocenters. The standard InChI is InChI=1S/C20H27N3OS/c1-6-11-25-19-10-8-7-9-18(19)21-20(24)12-17-15(4)22-23(16(17)5)13-14(2)3/h6-10,14H,1,11-13H2,2-5H3,(H,21,24). The summed E-state index contributed by atoms with van der Waals surface area (Å²) in [4.78, 5) is 13.6. The number of carbonyl (C=O) groups is 1. The summed E-state index contributed by atoms with van der Waals surface area (Å²) in [5, 5.41) is 7.63. The van der Waals surface area contributed by atoms with Crippen molar-refractivity contribution in [2.75, 3.05) is 11.1 Å². The second kappa shape index (κ2) is 8.90. The molecule has 0 saturated heterocycles. The summed E-state index contributed by atoms with van der Waals surface area (Å²) in [5.74, 6) is 1.32. The summed E-state index contributed by atoms with van der Waals surface area (Å²) >= 11 is 1.66. The molecule has 0 aliphatic rings. The molecule has 0 fully saturated rings. The van der Waals surface area contributed by atoms with E-state index in [1.54, 1.807) is 11.8 Å². The number of benzene rings is 1. The van der Waals surface area contributed by atoms with Gasteiger partial charge in [0, 0.05) is 28.5 Å². The van der Waals surface area contributed by atoms with Crippen LogP contribution < -0.4 is 5.32 Å². The molecule has 0 aliphatic carbocycles. The number of carbonyl (C=O) groups excluding carboxylic acids is 1. The van der Waals surface area contributed by atoms with E-state index in [1.165, 1.54) is 0 Å². The SMILES string of the molecule is C=CCSc1ccccc1NC(=O)Cc1c(C)nn(CC(C)C)c1C. The lowest BCUT2D eigenvalue weighted by molar-refractivity contribution is -0.115. The fraction of sp³-hybridized carbons (Fsp3) is 0.400. The van der Waals surface area contributed by atoms with Gasteiger partial charge in [-0.05, 0) is 31.9 Å². The first-order valence-corrected chi connectivity index (χ1v) is 9.56. The zero-order chi connectivity index (χ0) is 18.4. The van der Waals surface area contributed by atoms with Crippen molar-refractivity contribution < 1.29 is 4.79 Å². The van der Waals surface area contributed by atoms with E-state index in [9.17, 15) is 4.79 Å². The van der Waals surface area contributed by atoms with Crippen LogP contribution in [0.25, 0.3) is 0 Å². The molecule has 0 saturated carbocycles. The maximum atomic E-state index is 12.6. The Bertz CT molecular complexity index is 749. The molecule has 25 heavy (non-hydrogen) atoms. The van der Waals surface area contributed by atoms with E-state index in [0.717, 1.165) is 39.8 Å². The first kappa shape index (κ1) is 19.3. The largest absolute Gasteiger partial charge is 0.325 e. The van der Waals surface area contributed by atoms with Crippen molar-refractivity contribution in [3.63, 3.8) is 0 Å². The predicted octanol–water partition coefficient (Wildman–Crippen LogP) is 4.62. The van der Waals surface area contributed by atoms with Gasteiger partial charge in [-0.25, -0.2) is 0 Å². The average Bonchev–Trinajstić information content (AvgIpc) is 2.81. The number of nitrogens with one attached hydrogen (secondary N) is 1. The molecule has 2 aromatic rings. The Labute approximate surface area is 154 Å². The van der Waals surface area contributed by atoms with Gasteiger partial charge in [0.25, 0.3) is 0 Å². The third kappa shape index (κ3) is 5.23. The quantitative estimate of drug-likeness (QED) is 0.554. The van der Waals surface area contributed by atoms with Crippen molar-refractivity contribution in [2.45, 2.75) is 45.6 Å². The highest BCUT2D eigenvalue weighted by atomic mass is 32.2. The molecule has 0 bridgehead atoms. The summed E-state index contributed by atoms with van der Waals surface area (Å²) in [7, 11) is 0. The molecule has 0 unspecified atom stereocenters. The molecule has 1 aromatic heterocycles. The Kier molecular flexibility index (Phi) is 6.88. The number of thioether (sulfide) groups is 1. The minimum Gasteiger partial charge on any atom is -0.325 e. The maximum Gasteiger partial charge on any atom is 0.228 e. The normalized spacial score (nSPS) is 10.9. The van der Waals surface area contributed by atoms with Crippen molar-refractivity contribution in [3.05, 3.63) is 53.9 Å². The van der Waals surface area contributed by atoms with Gasteiger partial charge in [-0.3, -0.25) is 9.48 Å². The van der Waals surface area contributed by atoms with E-state index in [4.69, 9.17) is 0 Å². The Morgan fingerprint density at radius 1 is 1.36 bits per heavy atom. The smallest absolute Gasteiger partial charge is 0.228 e. The number of nitrogens with zero attached hydrogens (tertiary/aromatic N) is 2. The number of aromatic nitrogens is 2. The summed E-state index contributed by atoms with van der Waals surface area (Å²) in [6.45, 7) is 13.0. The second-order valence-electron chi connectivity index (χ2n) is 6.55. The zero-order valence-electron chi connectivity index (χ0n) is 15.5.